The zero-order valence-corrected chi connectivity index (χ0v) is 11.1. The van der Waals surface area contributed by atoms with Crippen molar-refractivity contribution in [1.82, 2.24) is 4.90 Å². The minimum atomic E-state index is -2.97. The molecule has 0 aliphatic carbocycles. The summed E-state index contributed by atoms with van der Waals surface area (Å²) >= 11 is 0. The third-order valence-electron chi connectivity index (χ3n) is 3.53. The molecule has 1 amide bonds. The lowest BCUT2D eigenvalue weighted by Gasteiger charge is -2.19. The van der Waals surface area contributed by atoms with E-state index >= 15 is 0 Å². The van der Waals surface area contributed by atoms with E-state index in [-0.39, 0.29) is 23.1 Å². The summed E-state index contributed by atoms with van der Waals surface area (Å²) in [5.74, 6) is -0.431. The number of rotatable bonds is 4. The lowest BCUT2D eigenvalue weighted by atomic mass is 10.0. The van der Waals surface area contributed by atoms with Gasteiger partial charge in [0.2, 0.25) is 0 Å². The zero-order chi connectivity index (χ0) is 14.7. The summed E-state index contributed by atoms with van der Waals surface area (Å²) in [6.07, 6.45) is 0.224. The molecule has 20 heavy (non-hydrogen) atoms. The number of nitrogens with zero attached hydrogens (tertiary/aromatic N) is 1. The molecule has 1 aliphatic heterocycles. The molecule has 110 valence electrons. The van der Waals surface area contributed by atoms with E-state index < -0.39 is 12.7 Å². The number of hydrogen-bond donors (Lipinski definition) is 1. The van der Waals surface area contributed by atoms with Gasteiger partial charge in [0.05, 0.1) is 11.7 Å². The Morgan fingerprint density at radius 3 is 2.75 bits per heavy atom. The third-order valence-corrected chi connectivity index (χ3v) is 3.53. The number of halogens is 2. The number of para-hydroxylation sites is 1. The van der Waals surface area contributed by atoms with Crippen molar-refractivity contribution in [3.8, 4) is 5.75 Å². The highest BCUT2D eigenvalue weighted by atomic mass is 19.3. The number of aliphatic hydroxyl groups excluding tert-OH is 1. The van der Waals surface area contributed by atoms with Gasteiger partial charge in [-0.2, -0.15) is 8.78 Å². The van der Waals surface area contributed by atoms with Gasteiger partial charge in [-0.15, -0.1) is 0 Å². The molecule has 1 aliphatic rings. The molecule has 0 radical (unpaired) electrons. The van der Waals surface area contributed by atoms with Gasteiger partial charge in [-0.3, -0.25) is 4.79 Å². The molecule has 1 aromatic rings. The molecule has 4 nitrogen and oxygen atoms in total. The van der Waals surface area contributed by atoms with Crippen molar-refractivity contribution in [3.63, 3.8) is 0 Å². The predicted octanol–water partition coefficient (Wildman–Crippen LogP) is 2.13. The standard InChI is InChI=1S/C14H17F2NO3/c1-9(18)10-6-7-17(8-10)13(19)11-4-2-3-5-12(11)20-14(15)16/h2-5,9-10,14,18H,6-8H2,1H3. The Balaban J connectivity index is 2.14. The van der Waals surface area contributed by atoms with E-state index in [1.807, 2.05) is 0 Å². The molecule has 2 unspecified atom stereocenters. The molecule has 0 aromatic heterocycles. The number of alkyl halides is 2. The number of hydrogen-bond acceptors (Lipinski definition) is 3. The molecule has 1 fully saturated rings. The summed E-state index contributed by atoms with van der Waals surface area (Å²) in [6.45, 7) is -0.337. The molecule has 1 aromatic carbocycles. The van der Waals surface area contributed by atoms with Gasteiger partial charge in [-0.05, 0) is 25.5 Å². The summed E-state index contributed by atoms with van der Waals surface area (Å²) < 4.78 is 29.0. The van der Waals surface area contributed by atoms with Crippen LogP contribution in [0.4, 0.5) is 8.78 Å². The summed E-state index contributed by atoms with van der Waals surface area (Å²) in [7, 11) is 0. The minimum absolute atomic E-state index is 0.0297. The Morgan fingerprint density at radius 2 is 2.15 bits per heavy atom. The Hall–Kier alpha value is -1.69. The number of carbonyl (C=O) groups excluding carboxylic acids is 1. The first-order chi connectivity index (χ1) is 9.49. The maximum absolute atomic E-state index is 12.3. The Bertz CT molecular complexity index is 479. The van der Waals surface area contributed by atoms with E-state index in [0.29, 0.717) is 19.5 Å². The molecular weight excluding hydrogens is 268 g/mol. The maximum Gasteiger partial charge on any atom is 0.387 e. The number of amides is 1. The quantitative estimate of drug-likeness (QED) is 0.922. The van der Waals surface area contributed by atoms with Crippen LogP contribution in [0.2, 0.25) is 0 Å². The Kier molecular flexibility index (Phi) is 4.54. The van der Waals surface area contributed by atoms with Gasteiger partial charge in [-0.25, -0.2) is 0 Å². The van der Waals surface area contributed by atoms with Gasteiger partial charge in [-0.1, -0.05) is 12.1 Å². The molecule has 6 heteroatoms. The van der Waals surface area contributed by atoms with Crippen molar-refractivity contribution < 1.29 is 23.4 Å². The van der Waals surface area contributed by atoms with Crippen LogP contribution in [-0.4, -0.2) is 41.7 Å². The van der Waals surface area contributed by atoms with Crippen LogP contribution in [0.5, 0.6) is 5.75 Å². The summed E-state index contributed by atoms with van der Waals surface area (Å²) in [5, 5.41) is 9.53. The fourth-order valence-corrected chi connectivity index (χ4v) is 2.38. The molecule has 2 atom stereocenters. The van der Waals surface area contributed by atoms with E-state index in [4.69, 9.17) is 0 Å². The average molecular weight is 285 g/mol. The number of aliphatic hydroxyl groups is 1. The summed E-state index contributed by atoms with van der Waals surface area (Å²) in [5.41, 5.74) is 0.124. The second-order valence-corrected chi connectivity index (χ2v) is 4.92. The van der Waals surface area contributed by atoms with Crippen molar-refractivity contribution in [2.45, 2.75) is 26.1 Å². The molecule has 1 saturated heterocycles. The number of carbonyl (C=O) groups is 1. The Labute approximate surface area is 116 Å². The van der Waals surface area contributed by atoms with Crippen LogP contribution >= 0.6 is 0 Å². The van der Waals surface area contributed by atoms with Crippen LogP contribution < -0.4 is 4.74 Å². The minimum Gasteiger partial charge on any atom is -0.434 e. The number of benzene rings is 1. The highest BCUT2D eigenvalue weighted by Crippen LogP contribution is 2.26. The van der Waals surface area contributed by atoms with Crippen LogP contribution in [0, 0.1) is 5.92 Å². The molecule has 0 bridgehead atoms. The number of ether oxygens (including phenoxy) is 1. The van der Waals surface area contributed by atoms with Crippen LogP contribution in [0.3, 0.4) is 0 Å². The molecule has 1 heterocycles. The predicted molar refractivity (Wildman–Crippen MR) is 68.8 cm³/mol. The van der Waals surface area contributed by atoms with Crippen molar-refractivity contribution >= 4 is 5.91 Å². The number of likely N-dealkylation sites (tertiary alicyclic amines) is 1. The highest BCUT2D eigenvalue weighted by Gasteiger charge is 2.30. The van der Waals surface area contributed by atoms with Crippen LogP contribution in [0.15, 0.2) is 24.3 Å². The largest absolute Gasteiger partial charge is 0.434 e. The topological polar surface area (TPSA) is 49.8 Å². The Morgan fingerprint density at radius 1 is 1.45 bits per heavy atom. The van der Waals surface area contributed by atoms with Gasteiger partial charge in [0.1, 0.15) is 5.75 Å². The fraction of sp³-hybridized carbons (Fsp3) is 0.500. The van der Waals surface area contributed by atoms with Gasteiger partial charge in [0.15, 0.2) is 0 Å². The van der Waals surface area contributed by atoms with Gasteiger partial charge in [0, 0.05) is 19.0 Å². The second-order valence-electron chi connectivity index (χ2n) is 4.92. The van der Waals surface area contributed by atoms with Gasteiger partial charge in [0.25, 0.3) is 5.91 Å². The average Bonchev–Trinajstić information content (AvgIpc) is 2.87. The van der Waals surface area contributed by atoms with E-state index in [9.17, 15) is 18.7 Å². The van der Waals surface area contributed by atoms with E-state index in [2.05, 4.69) is 4.74 Å². The van der Waals surface area contributed by atoms with Crippen LogP contribution in [-0.2, 0) is 0 Å². The van der Waals surface area contributed by atoms with Crippen molar-refractivity contribution in [3.05, 3.63) is 29.8 Å². The van der Waals surface area contributed by atoms with Gasteiger partial charge < -0.3 is 14.7 Å². The first-order valence-electron chi connectivity index (χ1n) is 6.50. The third kappa shape index (κ3) is 3.25. The molecule has 0 spiro atoms. The van der Waals surface area contributed by atoms with Crippen molar-refractivity contribution in [1.29, 1.82) is 0 Å². The second kappa shape index (κ2) is 6.17. The van der Waals surface area contributed by atoms with Crippen LogP contribution in [0.25, 0.3) is 0 Å². The van der Waals surface area contributed by atoms with Crippen molar-refractivity contribution in [2.75, 3.05) is 13.1 Å². The molecular formula is C14H17F2NO3. The van der Waals surface area contributed by atoms with Gasteiger partial charge >= 0.3 is 6.61 Å². The summed E-state index contributed by atoms with van der Waals surface area (Å²) in [6, 6.07) is 5.96. The zero-order valence-electron chi connectivity index (χ0n) is 11.1. The lowest BCUT2D eigenvalue weighted by Crippen LogP contribution is -2.30. The molecule has 1 N–H and O–H groups in total. The smallest absolute Gasteiger partial charge is 0.387 e. The first-order valence-corrected chi connectivity index (χ1v) is 6.50. The molecule has 0 saturated carbocycles. The summed E-state index contributed by atoms with van der Waals surface area (Å²) in [4.78, 5) is 13.9. The monoisotopic (exact) mass is 285 g/mol. The normalized spacial score (nSPS) is 20.2. The molecule has 2 rings (SSSR count). The fourth-order valence-electron chi connectivity index (χ4n) is 2.38. The van der Waals surface area contributed by atoms with E-state index in [0.717, 1.165) is 0 Å². The lowest BCUT2D eigenvalue weighted by molar-refractivity contribution is -0.0502. The highest BCUT2D eigenvalue weighted by molar-refractivity contribution is 5.97. The first kappa shape index (κ1) is 14.7. The van der Waals surface area contributed by atoms with Crippen LogP contribution in [0.1, 0.15) is 23.7 Å². The van der Waals surface area contributed by atoms with E-state index in [1.165, 1.54) is 18.2 Å². The van der Waals surface area contributed by atoms with Crippen molar-refractivity contribution in [2.24, 2.45) is 5.92 Å². The van der Waals surface area contributed by atoms with E-state index in [1.54, 1.807) is 17.9 Å². The SMILES string of the molecule is CC(O)C1CCN(C(=O)c2ccccc2OC(F)F)C1. The maximum atomic E-state index is 12.3.